The highest BCUT2D eigenvalue weighted by atomic mass is 16.5. The van der Waals surface area contributed by atoms with Crippen LogP contribution in [0.1, 0.15) is 31.7 Å². The van der Waals surface area contributed by atoms with Crippen LogP contribution < -0.4 is 5.32 Å². The summed E-state index contributed by atoms with van der Waals surface area (Å²) in [6.07, 6.45) is 2.42. The van der Waals surface area contributed by atoms with Crippen LogP contribution in [0.3, 0.4) is 0 Å². The molecule has 2 saturated heterocycles. The fourth-order valence-corrected chi connectivity index (χ4v) is 5.95. The van der Waals surface area contributed by atoms with Crippen molar-refractivity contribution in [3.05, 3.63) is 41.1 Å². The normalized spacial score (nSPS) is 38.2. The van der Waals surface area contributed by atoms with Crippen molar-refractivity contribution >= 4 is 11.7 Å². The Hall–Kier alpha value is -1.85. The second-order valence-corrected chi connectivity index (χ2v) is 7.90. The Labute approximate surface area is 147 Å². The monoisotopic (exact) mass is 340 g/mol. The molecule has 5 heteroatoms. The number of nitrogens with one attached hydrogen (secondary N) is 1. The third-order valence-corrected chi connectivity index (χ3v) is 7.14. The first kappa shape index (κ1) is 15.4. The number of esters is 1. The van der Waals surface area contributed by atoms with Crippen LogP contribution in [-0.2, 0) is 14.9 Å². The zero-order chi connectivity index (χ0) is 17.4. The summed E-state index contributed by atoms with van der Waals surface area (Å²) in [6.45, 7) is 3.60. The van der Waals surface area contributed by atoms with Crippen molar-refractivity contribution in [1.82, 2.24) is 4.90 Å². The van der Waals surface area contributed by atoms with Gasteiger partial charge in [-0.3, -0.25) is 4.90 Å². The molecule has 1 spiro atoms. The number of hydrogen-bond acceptors (Lipinski definition) is 5. The molecule has 5 nitrogen and oxygen atoms in total. The third-order valence-electron chi connectivity index (χ3n) is 7.14. The first-order valence-corrected chi connectivity index (χ1v) is 9.21. The van der Waals surface area contributed by atoms with Crippen molar-refractivity contribution < 1.29 is 14.6 Å². The van der Waals surface area contributed by atoms with Gasteiger partial charge < -0.3 is 15.2 Å². The predicted octanol–water partition coefficient (Wildman–Crippen LogP) is 2.03. The van der Waals surface area contributed by atoms with Gasteiger partial charge in [-0.2, -0.15) is 0 Å². The molecule has 4 atom stereocenters. The number of carbonyl (C=O) groups is 1. The molecular formula is C20H24N2O3. The van der Waals surface area contributed by atoms with E-state index in [-0.39, 0.29) is 17.3 Å². The molecule has 3 heterocycles. The van der Waals surface area contributed by atoms with Gasteiger partial charge in [0.25, 0.3) is 0 Å². The molecular weight excluding hydrogens is 316 g/mol. The lowest BCUT2D eigenvalue weighted by atomic mass is 9.59. The second kappa shape index (κ2) is 4.86. The van der Waals surface area contributed by atoms with Crippen LogP contribution in [0.15, 0.2) is 35.5 Å². The number of aliphatic hydroxyl groups is 1. The molecule has 4 aliphatic rings. The van der Waals surface area contributed by atoms with Gasteiger partial charge in [-0.05, 0) is 37.4 Å². The van der Waals surface area contributed by atoms with Gasteiger partial charge in [0.2, 0.25) is 0 Å². The van der Waals surface area contributed by atoms with E-state index < -0.39 is 5.60 Å². The quantitative estimate of drug-likeness (QED) is 0.807. The second-order valence-electron chi connectivity index (χ2n) is 7.90. The number of carbonyl (C=O) groups excluding carboxylic acids is 1. The number of methoxy groups -OCH3 is 1. The Balaban J connectivity index is 1.81. The molecule has 0 aromatic heterocycles. The fraction of sp³-hybridized carbons (Fsp3) is 0.550. The maximum absolute atomic E-state index is 12.8. The van der Waals surface area contributed by atoms with Gasteiger partial charge in [0.15, 0.2) is 0 Å². The summed E-state index contributed by atoms with van der Waals surface area (Å²) in [4.78, 5) is 15.2. The summed E-state index contributed by atoms with van der Waals surface area (Å²) in [5, 5.41) is 14.9. The lowest BCUT2D eigenvalue weighted by Crippen LogP contribution is -2.62. The highest BCUT2D eigenvalue weighted by Gasteiger charge is 2.65. The summed E-state index contributed by atoms with van der Waals surface area (Å²) in [5.74, 6) is -0.473. The largest absolute Gasteiger partial charge is 0.466 e. The van der Waals surface area contributed by atoms with Crippen LogP contribution in [0.25, 0.3) is 0 Å². The van der Waals surface area contributed by atoms with E-state index in [1.54, 1.807) is 0 Å². The van der Waals surface area contributed by atoms with E-state index in [1.165, 1.54) is 12.7 Å². The summed E-state index contributed by atoms with van der Waals surface area (Å²) < 4.78 is 5.17. The van der Waals surface area contributed by atoms with Crippen LogP contribution in [0, 0.1) is 5.92 Å². The molecule has 2 fully saturated rings. The summed E-state index contributed by atoms with van der Waals surface area (Å²) in [5.41, 5.74) is 3.00. The maximum Gasteiger partial charge on any atom is 0.335 e. The lowest BCUT2D eigenvalue weighted by molar-refractivity contribution is -0.142. The Morgan fingerprint density at radius 2 is 2.24 bits per heavy atom. The van der Waals surface area contributed by atoms with E-state index in [0.29, 0.717) is 24.6 Å². The molecule has 5 rings (SSSR count). The van der Waals surface area contributed by atoms with Gasteiger partial charge in [-0.1, -0.05) is 25.1 Å². The van der Waals surface area contributed by atoms with Crippen LogP contribution in [0.2, 0.25) is 0 Å². The summed E-state index contributed by atoms with van der Waals surface area (Å²) in [7, 11) is 1.44. The molecule has 3 aliphatic heterocycles. The van der Waals surface area contributed by atoms with Gasteiger partial charge in [0.1, 0.15) is 0 Å². The van der Waals surface area contributed by atoms with E-state index in [9.17, 15) is 9.90 Å². The van der Waals surface area contributed by atoms with Gasteiger partial charge in [-0.15, -0.1) is 0 Å². The van der Waals surface area contributed by atoms with Crippen molar-refractivity contribution in [1.29, 1.82) is 0 Å². The minimum atomic E-state index is -0.875. The first-order valence-electron chi connectivity index (χ1n) is 9.21. The number of anilines is 1. The Bertz CT molecular complexity index is 804. The Morgan fingerprint density at radius 3 is 3.00 bits per heavy atom. The molecule has 1 aromatic carbocycles. The minimum absolute atomic E-state index is 0.161. The van der Waals surface area contributed by atoms with E-state index in [1.807, 2.05) is 13.0 Å². The molecule has 1 aromatic rings. The Kier molecular flexibility index (Phi) is 3.00. The molecule has 2 N–H and O–H groups in total. The van der Waals surface area contributed by atoms with Crippen molar-refractivity contribution in [2.75, 3.05) is 25.5 Å². The highest BCUT2D eigenvalue weighted by Crippen LogP contribution is 2.62. The van der Waals surface area contributed by atoms with Crippen molar-refractivity contribution in [2.45, 2.75) is 43.2 Å². The smallest absolute Gasteiger partial charge is 0.335 e. The molecule has 0 unspecified atom stereocenters. The van der Waals surface area contributed by atoms with Crippen LogP contribution in [0.4, 0.5) is 5.69 Å². The van der Waals surface area contributed by atoms with Crippen molar-refractivity contribution in [2.24, 2.45) is 5.92 Å². The average molecular weight is 340 g/mol. The number of fused-ring (bicyclic) bond motifs is 2. The topological polar surface area (TPSA) is 61.8 Å². The molecule has 0 amide bonds. The van der Waals surface area contributed by atoms with Crippen LogP contribution in [0.5, 0.6) is 0 Å². The van der Waals surface area contributed by atoms with Crippen molar-refractivity contribution in [3.8, 4) is 0 Å². The maximum atomic E-state index is 12.8. The third kappa shape index (κ3) is 1.68. The number of hydrogen-bond donors (Lipinski definition) is 2. The summed E-state index contributed by atoms with van der Waals surface area (Å²) in [6, 6.07) is 8.72. The number of piperidine rings is 1. The standard InChI is InChI=1S/C20H24N2O3/c1-3-19(24)11-22-9-8-20-12-6-4-5-7-14(12)21-17(20)16(18(23)25-2)13(19)10-15(20)22/h4-7,13,15,21,24H,3,8-11H2,1-2H3/t13-,15-,19+,20-/m0/s1. The average Bonchev–Trinajstić information content (AvgIpc) is 3.18. The first-order chi connectivity index (χ1) is 12.0. The van der Waals surface area contributed by atoms with Gasteiger partial charge >= 0.3 is 5.97 Å². The number of rotatable bonds is 2. The predicted molar refractivity (Wildman–Crippen MR) is 94.1 cm³/mol. The number of benzene rings is 1. The molecule has 0 saturated carbocycles. The van der Waals surface area contributed by atoms with Gasteiger partial charge in [0.05, 0.1) is 23.7 Å². The van der Waals surface area contributed by atoms with Gasteiger partial charge in [0, 0.05) is 29.9 Å². The van der Waals surface area contributed by atoms with E-state index in [4.69, 9.17) is 4.74 Å². The zero-order valence-corrected chi connectivity index (χ0v) is 14.7. The SMILES string of the molecule is CC[C@@]1(O)CN2CC[C@@]34C(=C(C(=O)OC)[C@@H]1C[C@H]23)Nc1ccccc14. The zero-order valence-electron chi connectivity index (χ0n) is 14.7. The molecule has 1 aliphatic carbocycles. The lowest BCUT2D eigenvalue weighted by Gasteiger charge is -2.53. The minimum Gasteiger partial charge on any atom is -0.466 e. The molecule has 2 bridgehead atoms. The fourth-order valence-electron chi connectivity index (χ4n) is 5.95. The van der Waals surface area contributed by atoms with E-state index >= 15 is 0 Å². The van der Waals surface area contributed by atoms with Crippen molar-refractivity contribution in [3.63, 3.8) is 0 Å². The van der Waals surface area contributed by atoms with E-state index in [0.717, 1.165) is 30.8 Å². The van der Waals surface area contributed by atoms with Crippen LogP contribution in [-0.4, -0.2) is 47.8 Å². The van der Waals surface area contributed by atoms with E-state index in [2.05, 4.69) is 28.4 Å². The molecule has 0 radical (unpaired) electrons. The molecule has 25 heavy (non-hydrogen) atoms. The van der Waals surface area contributed by atoms with Gasteiger partial charge in [-0.25, -0.2) is 4.79 Å². The number of ether oxygens (including phenoxy) is 1. The number of nitrogens with zero attached hydrogens (tertiary/aromatic N) is 1. The van der Waals surface area contributed by atoms with Crippen LogP contribution >= 0.6 is 0 Å². The number of para-hydroxylation sites is 1. The molecule has 132 valence electrons. The Morgan fingerprint density at radius 1 is 1.44 bits per heavy atom. The summed E-state index contributed by atoms with van der Waals surface area (Å²) >= 11 is 0. The highest BCUT2D eigenvalue weighted by molar-refractivity contribution is 5.93.